The van der Waals surface area contributed by atoms with Gasteiger partial charge in [-0.3, -0.25) is 4.90 Å². The number of amides is 2. The van der Waals surface area contributed by atoms with E-state index in [9.17, 15) is 4.79 Å². The van der Waals surface area contributed by atoms with Gasteiger partial charge in [-0.1, -0.05) is 38.1 Å². The van der Waals surface area contributed by atoms with E-state index in [2.05, 4.69) is 48.3 Å². The molecule has 5 nitrogen and oxygen atoms in total. The average molecular weight is 333 g/mol. The highest BCUT2D eigenvalue weighted by Gasteiger charge is 2.25. The first-order valence-electron chi connectivity index (χ1n) is 9.00. The monoisotopic (exact) mass is 333 g/mol. The molecule has 1 saturated heterocycles. The summed E-state index contributed by atoms with van der Waals surface area (Å²) in [6.07, 6.45) is 0.192. The lowest BCUT2D eigenvalue weighted by Crippen LogP contribution is -2.51. The largest absolute Gasteiger partial charge is 0.372 e. The number of nitrogens with zero attached hydrogens (tertiary/aromatic N) is 2. The van der Waals surface area contributed by atoms with Crippen LogP contribution in [0.1, 0.15) is 38.8 Å². The predicted molar refractivity (Wildman–Crippen MR) is 96.9 cm³/mol. The molecule has 1 heterocycles. The van der Waals surface area contributed by atoms with E-state index in [0.717, 1.165) is 25.2 Å². The van der Waals surface area contributed by atoms with E-state index < -0.39 is 0 Å². The van der Waals surface area contributed by atoms with Crippen LogP contribution in [0.4, 0.5) is 4.79 Å². The van der Waals surface area contributed by atoms with Crippen molar-refractivity contribution in [2.75, 3.05) is 26.2 Å². The van der Waals surface area contributed by atoms with Gasteiger partial charge in [0.2, 0.25) is 0 Å². The molecule has 2 atom stereocenters. The molecule has 134 valence electrons. The van der Waals surface area contributed by atoms with Gasteiger partial charge in [-0.05, 0) is 38.1 Å². The Bertz CT molecular complexity index is 504. The summed E-state index contributed by atoms with van der Waals surface area (Å²) in [7, 11) is 0. The average Bonchev–Trinajstić information content (AvgIpc) is 2.57. The van der Waals surface area contributed by atoms with Crippen molar-refractivity contribution in [1.29, 1.82) is 0 Å². The molecule has 1 aliphatic rings. The van der Waals surface area contributed by atoms with Crippen molar-refractivity contribution in [1.82, 2.24) is 15.1 Å². The molecular weight excluding hydrogens is 302 g/mol. The van der Waals surface area contributed by atoms with Gasteiger partial charge in [-0.25, -0.2) is 4.79 Å². The third-order valence-electron chi connectivity index (χ3n) is 4.47. The van der Waals surface area contributed by atoms with E-state index in [-0.39, 0.29) is 18.2 Å². The third kappa shape index (κ3) is 5.49. The minimum absolute atomic E-state index is 0.00998. The van der Waals surface area contributed by atoms with Gasteiger partial charge in [0.15, 0.2) is 0 Å². The van der Waals surface area contributed by atoms with Gasteiger partial charge in [0, 0.05) is 26.2 Å². The molecule has 0 aliphatic carbocycles. The van der Waals surface area contributed by atoms with Gasteiger partial charge < -0.3 is 15.0 Å². The zero-order valence-electron chi connectivity index (χ0n) is 15.4. The van der Waals surface area contributed by atoms with Crippen molar-refractivity contribution >= 4 is 6.03 Å². The molecule has 2 unspecified atom stereocenters. The van der Waals surface area contributed by atoms with Crippen LogP contribution >= 0.6 is 0 Å². The minimum Gasteiger partial charge on any atom is -0.372 e. The Morgan fingerprint density at radius 1 is 1.12 bits per heavy atom. The van der Waals surface area contributed by atoms with Crippen LogP contribution in [0.5, 0.6) is 0 Å². The van der Waals surface area contributed by atoms with Crippen LogP contribution < -0.4 is 5.32 Å². The van der Waals surface area contributed by atoms with Crippen LogP contribution in [-0.4, -0.2) is 54.2 Å². The number of carbonyl (C=O) groups is 1. The maximum atomic E-state index is 12.3. The quantitative estimate of drug-likeness (QED) is 0.871. The molecule has 0 radical (unpaired) electrons. The van der Waals surface area contributed by atoms with Crippen LogP contribution in [-0.2, 0) is 17.8 Å². The van der Waals surface area contributed by atoms with E-state index in [1.165, 1.54) is 5.56 Å². The van der Waals surface area contributed by atoms with Crippen LogP contribution in [0, 0.1) is 0 Å². The van der Waals surface area contributed by atoms with Crippen molar-refractivity contribution in [3.05, 3.63) is 35.4 Å². The Morgan fingerprint density at radius 3 is 2.21 bits per heavy atom. The van der Waals surface area contributed by atoms with Crippen molar-refractivity contribution in [3.8, 4) is 0 Å². The maximum Gasteiger partial charge on any atom is 0.317 e. The topological polar surface area (TPSA) is 44.8 Å². The summed E-state index contributed by atoms with van der Waals surface area (Å²) in [6.45, 7) is 13.3. The number of morpholine rings is 1. The maximum absolute atomic E-state index is 12.3. The first-order valence-corrected chi connectivity index (χ1v) is 9.00. The van der Waals surface area contributed by atoms with Gasteiger partial charge in [0.1, 0.15) is 0 Å². The first kappa shape index (κ1) is 18.7. The second-order valence-electron chi connectivity index (χ2n) is 6.60. The van der Waals surface area contributed by atoms with E-state index in [1.807, 2.05) is 18.7 Å². The highest BCUT2D eigenvalue weighted by atomic mass is 16.5. The summed E-state index contributed by atoms with van der Waals surface area (Å²) in [5.74, 6) is 0. The van der Waals surface area contributed by atoms with E-state index in [1.54, 1.807) is 0 Å². The summed E-state index contributed by atoms with van der Waals surface area (Å²) in [6, 6.07) is 8.49. The molecule has 1 aliphatic heterocycles. The number of hydrogen-bond donors (Lipinski definition) is 1. The van der Waals surface area contributed by atoms with Crippen LogP contribution in [0.2, 0.25) is 0 Å². The first-order chi connectivity index (χ1) is 11.5. The summed E-state index contributed by atoms with van der Waals surface area (Å²) in [5.41, 5.74) is 2.44. The highest BCUT2D eigenvalue weighted by molar-refractivity contribution is 5.74. The number of benzene rings is 1. The molecule has 24 heavy (non-hydrogen) atoms. The lowest BCUT2D eigenvalue weighted by Gasteiger charge is -2.35. The fraction of sp³-hybridized carbons (Fsp3) is 0.632. The molecule has 0 bridgehead atoms. The second-order valence-corrected chi connectivity index (χ2v) is 6.60. The van der Waals surface area contributed by atoms with Crippen molar-refractivity contribution in [3.63, 3.8) is 0 Å². The van der Waals surface area contributed by atoms with Crippen molar-refractivity contribution < 1.29 is 9.53 Å². The summed E-state index contributed by atoms with van der Waals surface area (Å²) < 4.78 is 5.67. The number of hydrogen-bond acceptors (Lipinski definition) is 3. The predicted octanol–water partition coefficient (Wildman–Crippen LogP) is 2.85. The second kappa shape index (κ2) is 9.04. The molecule has 1 aromatic carbocycles. The minimum atomic E-state index is -0.00998. The van der Waals surface area contributed by atoms with Gasteiger partial charge in [-0.15, -0.1) is 0 Å². The SMILES string of the molecule is CCN(CC)Cc1ccc(CNC(=O)N2CC(C)OC(C)C2)cc1. The van der Waals surface area contributed by atoms with Crippen LogP contribution in [0.25, 0.3) is 0 Å². The zero-order valence-corrected chi connectivity index (χ0v) is 15.4. The fourth-order valence-corrected chi connectivity index (χ4v) is 3.10. The normalized spacial score (nSPS) is 21.1. The van der Waals surface area contributed by atoms with Crippen molar-refractivity contribution in [2.45, 2.75) is 53.0 Å². The number of rotatable bonds is 6. The molecule has 1 N–H and O–H groups in total. The Balaban J connectivity index is 1.82. The van der Waals surface area contributed by atoms with E-state index in [0.29, 0.717) is 19.6 Å². The lowest BCUT2D eigenvalue weighted by atomic mass is 10.1. The molecular formula is C19H31N3O2. The van der Waals surface area contributed by atoms with Gasteiger partial charge in [0.25, 0.3) is 0 Å². The Hall–Kier alpha value is -1.59. The van der Waals surface area contributed by atoms with Crippen LogP contribution in [0.15, 0.2) is 24.3 Å². The number of nitrogens with one attached hydrogen (secondary N) is 1. The fourth-order valence-electron chi connectivity index (χ4n) is 3.10. The molecule has 1 fully saturated rings. The van der Waals surface area contributed by atoms with E-state index in [4.69, 9.17) is 4.74 Å². The molecule has 0 aromatic heterocycles. The molecule has 2 amide bonds. The van der Waals surface area contributed by atoms with Gasteiger partial charge in [0.05, 0.1) is 12.2 Å². The third-order valence-corrected chi connectivity index (χ3v) is 4.47. The lowest BCUT2D eigenvalue weighted by molar-refractivity contribution is -0.0545. The van der Waals surface area contributed by atoms with E-state index >= 15 is 0 Å². The molecule has 2 rings (SSSR count). The van der Waals surface area contributed by atoms with Crippen molar-refractivity contribution in [2.24, 2.45) is 0 Å². The molecule has 0 saturated carbocycles. The highest BCUT2D eigenvalue weighted by Crippen LogP contribution is 2.11. The number of urea groups is 1. The standard InChI is InChI=1S/C19H31N3O2/c1-5-21(6-2)14-18-9-7-17(8-10-18)11-20-19(23)22-12-15(3)24-16(4)13-22/h7-10,15-16H,5-6,11-14H2,1-4H3,(H,20,23). The van der Waals surface area contributed by atoms with Gasteiger partial charge in [-0.2, -0.15) is 0 Å². The summed E-state index contributed by atoms with van der Waals surface area (Å²) in [5, 5.41) is 3.01. The molecule has 1 aromatic rings. The number of ether oxygens (including phenoxy) is 1. The molecule has 5 heteroatoms. The zero-order chi connectivity index (χ0) is 17.5. The van der Waals surface area contributed by atoms with Gasteiger partial charge >= 0.3 is 6.03 Å². The summed E-state index contributed by atoms with van der Waals surface area (Å²) >= 11 is 0. The number of carbonyl (C=O) groups excluding carboxylic acids is 1. The summed E-state index contributed by atoms with van der Waals surface area (Å²) in [4.78, 5) is 16.5. The smallest absolute Gasteiger partial charge is 0.317 e. The Morgan fingerprint density at radius 2 is 1.67 bits per heavy atom. The molecule has 0 spiro atoms. The Kier molecular flexibility index (Phi) is 7.06. The Labute approximate surface area is 146 Å². The van der Waals surface area contributed by atoms with Crippen LogP contribution in [0.3, 0.4) is 0 Å².